The second-order valence-corrected chi connectivity index (χ2v) is 4.85. The monoisotopic (exact) mass is 301 g/mol. The number of aryl methyl sites for hydroxylation is 2. The maximum absolute atomic E-state index is 12.7. The molecule has 7 heteroatoms. The molecule has 2 aromatic rings. The lowest BCUT2D eigenvalue weighted by Gasteiger charge is -2.09. The third-order valence-electron chi connectivity index (χ3n) is 3.30. The van der Waals surface area contributed by atoms with Crippen molar-refractivity contribution in [3.63, 3.8) is 0 Å². The van der Waals surface area contributed by atoms with Crippen LogP contribution in [-0.2, 0) is 19.1 Å². The van der Waals surface area contributed by atoms with E-state index < -0.39 is 11.7 Å². The minimum Gasteiger partial charge on any atom is -0.396 e. The van der Waals surface area contributed by atoms with Crippen LogP contribution in [0.15, 0.2) is 18.2 Å². The third-order valence-corrected chi connectivity index (χ3v) is 3.30. The van der Waals surface area contributed by atoms with Crippen LogP contribution in [0.3, 0.4) is 0 Å². The van der Waals surface area contributed by atoms with Crippen LogP contribution in [0, 0.1) is 0 Å². The van der Waals surface area contributed by atoms with Gasteiger partial charge in [0.15, 0.2) is 0 Å². The van der Waals surface area contributed by atoms with Gasteiger partial charge in [0, 0.05) is 19.6 Å². The van der Waals surface area contributed by atoms with Crippen molar-refractivity contribution >= 4 is 11.0 Å². The Labute approximate surface area is 120 Å². The van der Waals surface area contributed by atoms with Crippen LogP contribution in [-0.4, -0.2) is 27.8 Å². The lowest BCUT2D eigenvalue weighted by atomic mass is 10.2. The van der Waals surface area contributed by atoms with E-state index in [1.807, 2.05) is 4.57 Å². The summed E-state index contributed by atoms with van der Waals surface area (Å²) in [7, 11) is 0. The molecule has 0 saturated carbocycles. The van der Waals surface area contributed by atoms with Crippen LogP contribution in [0.4, 0.5) is 13.2 Å². The molecule has 0 saturated heterocycles. The van der Waals surface area contributed by atoms with Crippen molar-refractivity contribution in [3.8, 4) is 0 Å². The van der Waals surface area contributed by atoms with Crippen molar-refractivity contribution in [2.75, 3.05) is 13.2 Å². The second-order valence-electron chi connectivity index (χ2n) is 4.85. The summed E-state index contributed by atoms with van der Waals surface area (Å²) in [5.74, 6) is 0.711. The predicted octanol–water partition coefficient (Wildman–Crippen LogP) is 2.33. The molecular weight excluding hydrogens is 283 g/mol. The molecule has 4 nitrogen and oxygen atoms in total. The first-order valence-electron chi connectivity index (χ1n) is 6.84. The van der Waals surface area contributed by atoms with Gasteiger partial charge >= 0.3 is 6.18 Å². The van der Waals surface area contributed by atoms with Crippen molar-refractivity contribution in [1.29, 1.82) is 0 Å². The Bertz CT molecular complexity index is 607. The molecule has 116 valence electrons. The highest BCUT2D eigenvalue weighted by Gasteiger charge is 2.31. The molecule has 0 aliphatic carbocycles. The first-order valence-corrected chi connectivity index (χ1v) is 6.84. The molecule has 0 aliphatic heterocycles. The van der Waals surface area contributed by atoms with Gasteiger partial charge in [-0.1, -0.05) is 0 Å². The summed E-state index contributed by atoms with van der Waals surface area (Å²) >= 11 is 0. The molecule has 1 aromatic carbocycles. The van der Waals surface area contributed by atoms with Gasteiger partial charge < -0.3 is 15.4 Å². The average molecular weight is 301 g/mol. The number of nitrogens with two attached hydrogens (primary N) is 1. The van der Waals surface area contributed by atoms with Gasteiger partial charge in [0.05, 0.1) is 16.6 Å². The number of aliphatic hydroxyl groups excluding tert-OH is 1. The zero-order chi connectivity index (χ0) is 15.5. The number of benzene rings is 1. The Morgan fingerprint density at radius 2 is 2.00 bits per heavy atom. The van der Waals surface area contributed by atoms with E-state index in [1.54, 1.807) is 0 Å². The molecule has 1 heterocycles. The van der Waals surface area contributed by atoms with E-state index in [0.717, 1.165) is 12.1 Å². The number of aromatic nitrogens is 2. The molecular formula is C14H18F3N3O. The van der Waals surface area contributed by atoms with E-state index in [2.05, 4.69) is 4.98 Å². The van der Waals surface area contributed by atoms with Gasteiger partial charge in [0.1, 0.15) is 5.82 Å². The molecule has 0 bridgehead atoms. The van der Waals surface area contributed by atoms with Gasteiger partial charge in [-0.05, 0) is 37.6 Å². The van der Waals surface area contributed by atoms with Gasteiger partial charge in [0.2, 0.25) is 0 Å². The van der Waals surface area contributed by atoms with Crippen molar-refractivity contribution < 1.29 is 18.3 Å². The molecule has 0 amide bonds. The van der Waals surface area contributed by atoms with E-state index in [1.165, 1.54) is 6.07 Å². The van der Waals surface area contributed by atoms with Crippen LogP contribution < -0.4 is 5.73 Å². The highest BCUT2D eigenvalue weighted by Crippen LogP contribution is 2.31. The van der Waals surface area contributed by atoms with E-state index in [0.29, 0.717) is 49.2 Å². The lowest BCUT2D eigenvalue weighted by Crippen LogP contribution is -2.08. The number of rotatable bonds is 6. The Morgan fingerprint density at radius 3 is 2.62 bits per heavy atom. The van der Waals surface area contributed by atoms with E-state index in [9.17, 15) is 13.2 Å². The van der Waals surface area contributed by atoms with E-state index in [-0.39, 0.29) is 6.61 Å². The van der Waals surface area contributed by atoms with E-state index in [4.69, 9.17) is 10.8 Å². The molecule has 3 N–H and O–H groups in total. The standard InChI is InChI=1S/C14H18F3N3O/c15-14(16,17)10-4-5-12-11(9-10)19-13(3-1-6-18)20(12)7-2-8-21/h4-5,9,21H,1-3,6-8,18H2. The van der Waals surface area contributed by atoms with Crippen molar-refractivity contribution in [1.82, 2.24) is 9.55 Å². The Morgan fingerprint density at radius 1 is 1.24 bits per heavy atom. The Kier molecular flexibility index (Phi) is 4.84. The Balaban J connectivity index is 2.45. The van der Waals surface area contributed by atoms with Crippen LogP contribution >= 0.6 is 0 Å². The van der Waals surface area contributed by atoms with E-state index >= 15 is 0 Å². The quantitative estimate of drug-likeness (QED) is 0.860. The first kappa shape index (κ1) is 15.8. The lowest BCUT2D eigenvalue weighted by molar-refractivity contribution is -0.137. The molecule has 2 rings (SSSR count). The molecule has 0 aliphatic rings. The van der Waals surface area contributed by atoms with Crippen LogP contribution in [0.25, 0.3) is 11.0 Å². The van der Waals surface area contributed by atoms with Crippen LogP contribution in [0.1, 0.15) is 24.2 Å². The zero-order valence-electron chi connectivity index (χ0n) is 11.5. The fraction of sp³-hybridized carbons (Fsp3) is 0.500. The van der Waals surface area contributed by atoms with Gasteiger partial charge in [-0.25, -0.2) is 4.98 Å². The van der Waals surface area contributed by atoms with Crippen LogP contribution in [0.2, 0.25) is 0 Å². The number of alkyl halides is 3. The molecule has 1 aromatic heterocycles. The number of halogens is 3. The fourth-order valence-electron chi connectivity index (χ4n) is 2.29. The maximum Gasteiger partial charge on any atom is 0.416 e. The normalized spacial score (nSPS) is 12.2. The molecule has 0 atom stereocenters. The molecule has 0 radical (unpaired) electrons. The fourth-order valence-corrected chi connectivity index (χ4v) is 2.29. The number of fused-ring (bicyclic) bond motifs is 1. The summed E-state index contributed by atoms with van der Waals surface area (Å²) in [6, 6.07) is 3.57. The van der Waals surface area contributed by atoms with Crippen molar-refractivity contribution in [2.24, 2.45) is 5.73 Å². The number of hydrogen-bond acceptors (Lipinski definition) is 3. The zero-order valence-corrected chi connectivity index (χ0v) is 11.5. The van der Waals surface area contributed by atoms with Crippen LogP contribution in [0.5, 0.6) is 0 Å². The van der Waals surface area contributed by atoms with Gasteiger partial charge in [-0.15, -0.1) is 0 Å². The third kappa shape index (κ3) is 3.54. The molecule has 21 heavy (non-hydrogen) atoms. The summed E-state index contributed by atoms with van der Waals surface area (Å²) in [6.07, 6.45) is -2.52. The Hall–Kier alpha value is -1.60. The highest BCUT2D eigenvalue weighted by molar-refractivity contribution is 5.77. The minimum absolute atomic E-state index is 0.0244. The maximum atomic E-state index is 12.7. The summed E-state index contributed by atoms with van der Waals surface area (Å²) < 4.78 is 40.1. The molecule has 0 unspecified atom stereocenters. The average Bonchev–Trinajstić information content (AvgIpc) is 2.78. The van der Waals surface area contributed by atoms with Gasteiger partial charge in [0.25, 0.3) is 0 Å². The summed E-state index contributed by atoms with van der Waals surface area (Å²) in [5, 5.41) is 8.95. The largest absolute Gasteiger partial charge is 0.416 e. The van der Waals surface area contributed by atoms with Crippen molar-refractivity contribution in [3.05, 3.63) is 29.6 Å². The second kappa shape index (κ2) is 6.44. The SMILES string of the molecule is NCCCc1nc2cc(C(F)(F)F)ccc2n1CCCO. The highest BCUT2D eigenvalue weighted by atomic mass is 19.4. The number of hydrogen-bond donors (Lipinski definition) is 2. The summed E-state index contributed by atoms with van der Waals surface area (Å²) in [6.45, 7) is 1.05. The number of imidazole rings is 1. The minimum atomic E-state index is -4.37. The van der Waals surface area contributed by atoms with Crippen molar-refractivity contribution in [2.45, 2.75) is 32.0 Å². The van der Waals surface area contributed by atoms with Gasteiger partial charge in [-0.2, -0.15) is 13.2 Å². The smallest absolute Gasteiger partial charge is 0.396 e. The number of aliphatic hydroxyl groups is 1. The predicted molar refractivity (Wildman–Crippen MR) is 73.8 cm³/mol. The topological polar surface area (TPSA) is 64.1 Å². The summed E-state index contributed by atoms with van der Waals surface area (Å²) in [5.41, 5.74) is 5.76. The summed E-state index contributed by atoms with van der Waals surface area (Å²) in [4.78, 5) is 4.30. The first-order chi connectivity index (χ1) is 9.97. The molecule has 0 spiro atoms. The molecule has 0 fully saturated rings. The number of nitrogens with zero attached hydrogens (tertiary/aromatic N) is 2. The van der Waals surface area contributed by atoms with Gasteiger partial charge in [-0.3, -0.25) is 0 Å².